The highest BCUT2D eigenvalue weighted by atomic mass is 32.2. The van der Waals surface area contributed by atoms with E-state index in [4.69, 9.17) is 0 Å². The van der Waals surface area contributed by atoms with Gasteiger partial charge in [0.05, 0.1) is 17.5 Å². The van der Waals surface area contributed by atoms with Crippen molar-refractivity contribution in [2.45, 2.75) is 18.5 Å². The van der Waals surface area contributed by atoms with Crippen LogP contribution in [0.5, 0.6) is 0 Å². The zero-order valence-corrected chi connectivity index (χ0v) is 14.8. The van der Waals surface area contributed by atoms with E-state index in [1.54, 1.807) is 12.3 Å². The van der Waals surface area contributed by atoms with Crippen LogP contribution in [0.25, 0.3) is 0 Å². The van der Waals surface area contributed by atoms with Crippen LogP contribution in [0.2, 0.25) is 0 Å². The minimum absolute atomic E-state index is 0.0587. The summed E-state index contributed by atoms with van der Waals surface area (Å²) in [6, 6.07) is 1.63. The van der Waals surface area contributed by atoms with Crippen molar-refractivity contribution in [1.29, 1.82) is 0 Å². The van der Waals surface area contributed by atoms with Gasteiger partial charge < -0.3 is 15.5 Å². The standard InChI is InChI=1S/C14H20N8O3S/c23-14-18-11(20-21-14)1-3-16-13-17-4-2-12(19-13)22-6-5-15-9-7-26(24,25)8-10(9)22/h2,4,9-10,15H,1,3,5-8H2,(H,16,17,19)(H2,18,20,21,23)/t9-,10+/m0/s1. The molecule has 140 valence electrons. The summed E-state index contributed by atoms with van der Waals surface area (Å²) >= 11 is 0. The third-order valence-electron chi connectivity index (χ3n) is 4.61. The zero-order valence-electron chi connectivity index (χ0n) is 14.0. The number of hydrogen-bond donors (Lipinski definition) is 4. The third-order valence-corrected chi connectivity index (χ3v) is 6.33. The van der Waals surface area contributed by atoms with Gasteiger partial charge in [-0.05, 0) is 6.07 Å². The van der Waals surface area contributed by atoms with Crippen LogP contribution in [-0.4, -0.2) is 76.8 Å². The number of fused-ring (bicyclic) bond motifs is 1. The number of aromatic amines is 2. The first-order valence-electron chi connectivity index (χ1n) is 8.41. The molecule has 4 heterocycles. The number of rotatable bonds is 5. The molecule has 11 nitrogen and oxygen atoms in total. The van der Waals surface area contributed by atoms with Crippen molar-refractivity contribution >= 4 is 21.6 Å². The Morgan fingerprint density at radius 1 is 1.35 bits per heavy atom. The maximum Gasteiger partial charge on any atom is 0.340 e. The highest BCUT2D eigenvalue weighted by Gasteiger charge is 2.43. The molecule has 2 aliphatic rings. The van der Waals surface area contributed by atoms with Gasteiger partial charge in [-0.2, -0.15) is 10.1 Å². The first-order valence-corrected chi connectivity index (χ1v) is 10.2. The number of nitrogens with one attached hydrogen (secondary N) is 4. The van der Waals surface area contributed by atoms with Gasteiger partial charge >= 0.3 is 5.69 Å². The molecule has 0 bridgehead atoms. The second kappa shape index (κ2) is 6.68. The number of aromatic nitrogens is 5. The van der Waals surface area contributed by atoms with E-state index in [0.29, 0.717) is 37.1 Å². The smallest absolute Gasteiger partial charge is 0.340 e. The molecule has 2 fully saturated rings. The quantitative estimate of drug-likeness (QED) is 0.467. The summed E-state index contributed by atoms with van der Waals surface area (Å²) in [6.07, 6.45) is 2.17. The number of nitrogens with zero attached hydrogens (tertiary/aromatic N) is 4. The number of sulfone groups is 1. The van der Waals surface area contributed by atoms with Gasteiger partial charge in [0.25, 0.3) is 0 Å². The Morgan fingerprint density at radius 2 is 2.23 bits per heavy atom. The molecule has 0 spiro atoms. The molecule has 0 aromatic carbocycles. The molecule has 0 amide bonds. The van der Waals surface area contributed by atoms with E-state index < -0.39 is 9.84 Å². The fraction of sp³-hybridized carbons (Fsp3) is 0.571. The molecule has 2 saturated heterocycles. The third kappa shape index (κ3) is 3.55. The Kier molecular flexibility index (Phi) is 4.36. The summed E-state index contributed by atoms with van der Waals surface area (Å²) < 4.78 is 23.9. The molecule has 0 radical (unpaired) electrons. The topological polar surface area (TPSA) is 149 Å². The van der Waals surface area contributed by atoms with Crippen LogP contribution in [0, 0.1) is 0 Å². The van der Waals surface area contributed by atoms with Gasteiger partial charge in [0.2, 0.25) is 5.95 Å². The monoisotopic (exact) mass is 380 g/mol. The Morgan fingerprint density at radius 3 is 3.04 bits per heavy atom. The van der Waals surface area contributed by atoms with Crippen LogP contribution in [0.1, 0.15) is 5.82 Å². The van der Waals surface area contributed by atoms with Crippen LogP contribution in [0.3, 0.4) is 0 Å². The van der Waals surface area contributed by atoms with Gasteiger partial charge in [-0.15, -0.1) is 0 Å². The molecular formula is C14H20N8O3S. The van der Waals surface area contributed by atoms with Gasteiger partial charge in [-0.3, -0.25) is 4.98 Å². The maximum atomic E-state index is 12.0. The fourth-order valence-electron chi connectivity index (χ4n) is 3.46. The SMILES string of the molecule is O=c1[nH]nc(CCNc2nccc(N3CCN[C@H]4CS(=O)(=O)C[C@H]43)n2)[nH]1. The van der Waals surface area contributed by atoms with E-state index in [9.17, 15) is 13.2 Å². The van der Waals surface area contributed by atoms with E-state index in [-0.39, 0.29) is 29.3 Å². The lowest BCUT2D eigenvalue weighted by Crippen LogP contribution is -2.57. The van der Waals surface area contributed by atoms with Crippen molar-refractivity contribution in [3.05, 3.63) is 28.6 Å². The van der Waals surface area contributed by atoms with Gasteiger partial charge in [0.15, 0.2) is 9.84 Å². The van der Waals surface area contributed by atoms with Crippen molar-refractivity contribution in [3.8, 4) is 0 Å². The first-order chi connectivity index (χ1) is 12.5. The van der Waals surface area contributed by atoms with Crippen LogP contribution < -0.4 is 21.2 Å². The molecular weight excluding hydrogens is 360 g/mol. The average molecular weight is 380 g/mol. The molecule has 2 aromatic rings. The van der Waals surface area contributed by atoms with E-state index >= 15 is 0 Å². The molecule has 2 aliphatic heterocycles. The highest BCUT2D eigenvalue weighted by Crippen LogP contribution is 2.25. The molecule has 4 N–H and O–H groups in total. The Balaban J connectivity index is 1.44. The van der Waals surface area contributed by atoms with Gasteiger partial charge in [-0.25, -0.2) is 23.3 Å². The van der Waals surface area contributed by atoms with Crippen molar-refractivity contribution in [1.82, 2.24) is 30.5 Å². The molecule has 0 saturated carbocycles. The molecule has 2 atom stereocenters. The first kappa shape index (κ1) is 17.0. The summed E-state index contributed by atoms with van der Waals surface area (Å²) in [5.41, 5.74) is -0.335. The Labute approximate surface area is 149 Å². The predicted octanol–water partition coefficient (Wildman–Crippen LogP) is -1.88. The normalized spacial score (nSPS) is 24.4. The molecule has 2 aromatic heterocycles. The van der Waals surface area contributed by atoms with Crippen LogP contribution in [-0.2, 0) is 16.3 Å². The maximum absolute atomic E-state index is 12.0. The minimum Gasteiger partial charge on any atom is -0.354 e. The predicted molar refractivity (Wildman–Crippen MR) is 95.0 cm³/mol. The Hall–Kier alpha value is -2.47. The second-order valence-electron chi connectivity index (χ2n) is 6.44. The molecule has 4 rings (SSSR count). The van der Waals surface area contributed by atoms with E-state index in [1.165, 1.54) is 0 Å². The van der Waals surface area contributed by atoms with Crippen molar-refractivity contribution in [3.63, 3.8) is 0 Å². The summed E-state index contributed by atoms with van der Waals surface area (Å²) in [5.74, 6) is 2.04. The molecule has 26 heavy (non-hydrogen) atoms. The fourth-order valence-corrected chi connectivity index (χ4v) is 5.42. The second-order valence-corrected chi connectivity index (χ2v) is 8.59. The molecule has 0 unspecified atom stereocenters. The summed E-state index contributed by atoms with van der Waals surface area (Å²) in [5, 5.41) is 12.5. The number of H-pyrrole nitrogens is 2. The van der Waals surface area contributed by atoms with Gasteiger partial charge in [0, 0.05) is 38.3 Å². The van der Waals surface area contributed by atoms with E-state index in [0.717, 1.165) is 6.54 Å². The number of piperazine rings is 1. The lowest BCUT2D eigenvalue weighted by molar-refractivity contribution is 0.423. The van der Waals surface area contributed by atoms with Crippen LogP contribution >= 0.6 is 0 Å². The lowest BCUT2D eigenvalue weighted by Gasteiger charge is -2.38. The van der Waals surface area contributed by atoms with Crippen molar-refractivity contribution < 1.29 is 8.42 Å². The van der Waals surface area contributed by atoms with Gasteiger partial charge in [-0.1, -0.05) is 0 Å². The van der Waals surface area contributed by atoms with Gasteiger partial charge in [0.1, 0.15) is 11.6 Å². The van der Waals surface area contributed by atoms with E-state index in [2.05, 4.69) is 35.8 Å². The lowest BCUT2D eigenvalue weighted by atomic mass is 10.1. The summed E-state index contributed by atoms with van der Waals surface area (Å²) in [7, 11) is -3.02. The highest BCUT2D eigenvalue weighted by molar-refractivity contribution is 7.91. The summed E-state index contributed by atoms with van der Waals surface area (Å²) in [6.45, 7) is 1.92. The average Bonchev–Trinajstić information content (AvgIpc) is 3.15. The Bertz CT molecular complexity index is 939. The van der Waals surface area contributed by atoms with Crippen LogP contribution in [0.4, 0.5) is 11.8 Å². The summed E-state index contributed by atoms with van der Waals surface area (Å²) in [4.78, 5) is 24.4. The van der Waals surface area contributed by atoms with Crippen LogP contribution in [0.15, 0.2) is 17.1 Å². The van der Waals surface area contributed by atoms with Crippen molar-refractivity contribution in [2.24, 2.45) is 0 Å². The molecule has 0 aliphatic carbocycles. The molecule has 12 heteroatoms. The van der Waals surface area contributed by atoms with E-state index in [1.807, 2.05) is 4.90 Å². The minimum atomic E-state index is -3.02. The number of anilines is 2. The largest absolute Gasteiger partial charge is 0.354 e. The van der Waals surface area contributed by atoms with Crippen molar-refractivity contribution in [2.75, 3.05) is 41.4 Å². The zero-order chi connectivity index (χ0) is 18.1. The number of hydrogen-bond acceptors (Lipinski definition) is 9.